The van der Waals surface area contributed by atoms with Gasteiger partial charge in [0.25, 0.3) is 0 Å². The minimum absolute atomic E-state index is 0.884. The van der Waals surface area contributed by atoms with Gasteiger partial charge in [0.15, 0.2) is 0 Å². The number of hydrogen-bond donors (Lipinski definition) is 1. The second-order valence-electron chi connectivity index (χ2n) is 5.41. The third kappa shape index (κ3) is 3.46. The van der Waals surface area contributed by atoms with Crippen molar-refractivity contribution in [2.75, 3.05) is 13.7 Å². The first-order chi connectivity index (χ1) is 10.9. The van der Waals surface area contributed by atoms with E-state index in [2.05, 4.69) is 59.9 Å². The van der Waals surface area contributed by atoms with E-state index in [1.807, 2.05) is 12.1 Å². The summed E-state index contributed by atoms with van der Waals surface area (Å²) < 4.78 is 5.17. The lowest BCUT2D eigenvalue weighted by Gasteiger charge is -2.08. The van der Waals surface area contributed by atoms with Gasteiger partial charge in [-0.15, -0.1) is 0 Å². The molecule has 112 valence electrons. The maximum atomic E-state index is 5.17. The van der Waals surface area contributed by atoms with Gasteiger partial charge in [-0.05, 0) is 47.0 Å². The Balaban J connectivity index is 1.56. The van der Waals surface area contributed by atoms with Gasteiger partial charge in [-0.3, -0.25) is 0 Å². The number of methoxy groups -OCH3 is 1. The van der Waals surface area contributed by atoms with Gasteiger partial charge in [0.1, 0.15) is 5.75 Å². The molecule has 0 radical (unpaired) electrons. The molecule has 0 aliphatic carbocycles. The molecule has 3 aromatic carbocycles. The summed E-state index contributed by atoms with van der Waals surface area (Å²) in [4.78, 5) is 0. The van der Waals surface area contributed by atoms with E-state index in [9.17, 15) is 0 Å². The fourth-order valence-electron chi connectivity index (χ4n) is 2.71. The predicted molar refractivity (Wildman–Crippen MR) is 92.4 cm³/mol. The molecule has 0 unspecified atom stereocenters. The van der Waals surface area contributed by atoms with E-state index in [0.29, 0.717) is 0 Å². The Morgan fingerprint density at radius 3 is 2.45 bits per heavy atom. The van der Waals surface area contributed by atoms with E-state index in [1.54, 1.807) is 7.11 Å². The molecular formula is C20H21NO. The van der Waals surface area contributed by atoms with Crippen LogP contribution in [0.1, 0.15) is 11.1 Å². The van der Waals surface area contributed by atoms with Gasteiger partial charge in [0, 0.05) is 6.54 Å². The number of fused-ring (bicyclic) bond motifs is 1. The smallest absolute Gasteiger partial charge is 0.118 e. The van der Waals surface area contributed by atoms with Crippen molar-refractivity contribution in [1.82, 2.24) is 5.32 Å². The molecule has 3 aromatic rings. The molecule has 0 aromatic heterocycles. The summed E-state index contributed by atoms with van der Waals surface area (Å²) in [5, 5.41) is 6.18. The zero-order chi connectivity index (χ0) is 15.2. The Kier molecular flexibility index (Phi) is 4.71. The van der Waals surface area contributed by atoms with Crippen molar-refractivity contribution in [2.24, 2.45) is 0 Å². The summed E-state index contributed by atoms with van der Waals surface area (Å²) in [6.45, 7) is 1.86. The number of benzene rings is 3. The molecule has 0 heterocycles. The summed E-state index contributed by atoms with van der Waals surface area (Å²) in [6, 6.07) is 23.3. The zero-order valence-corrected chi connectivity index (χ0v) is 12.9. The van der Waals surface area contributed by atoms with Crippen molar-refractivity contribution in [3.05, 3.63) is 77.9 Å². The van der Waals surface area contributed by atoms with Crippen molar-refractivity contribution in [3.63, 3.8) is 0 Å². The molecule has 2 nitrogen and oxygen atoms in total. The molecule has 0 amide bonds. The van der Waals surface area contributed by atoms with Crippen LogP contribution in [0.3, 0.4) is 0 Å². The average molecular weight is 291 g/mol. The highest BCUT2D eigenvalue weighted by atomic mass is 16.5. The summed E-state index contributed by atoms with van der Waals surface area (Å²) in [6.07, 6.45) is 1.04. The van der Waals surface area contributed by atoms with Gasteiger partial charge >= 0.3 is 0 Å². The van der Waals surface area contributed by atoms with Crippen LogP contribution >= 0.6 is 0 Å². The molecule has 0 saturated heterocycles. The SMILES string of the molecule is COc1ccc(CNCCc2cccc3ccccc23)cc1. The van der Waals surface area contributed by atoms with Crippen LogP contribution in [0.25, 0.3) is 10.8 Å². The van der Waals surface area contributed by atoms with E-state index in [1.165, 1.54) is 21.9 Å². The standard InChI is InChI=1S/C20H21NO/c1-22-19-11-9-16(10-12-19)15-21-14-13-18-7-4-6-17-5-2-3-8-20(17)18/h2-12,21H,13-15H2,1H3. The molecule has 0 aliphatic heterocycles. The first-order valence-corrected chi connectivity index (χ1v) is 7.67. The van der Waals surface area contributed by atoms with Crippen LogP contribution in [0.15, 0.2) is 66.7 Å². The molecule has 3 rings (SSSR count). The second-order valence-corrected chi connectivity index (χ2v) is 5.41. The third-order valence-electron chi connectivity index (χ3n) is 3.94. The normalized spacial score (nSPS) is 10.8. The largest absolute Gasteiger partial charge is 0.497 e. The van der Waals surface area contributed by atoms with E-state index in [0.717, 1.165) is 25.3 Å². The molecule has 0 fully saturated rings. The molecule has 0 atom stereocenters. The first kappa shape index (κ1) is 14.6. The Morgan fingerprint density at radius 2 is 1.64 bits per heavy atom. The predicted octanol–water partition coefficient (Wildman–Crippen LogP) is 4.18. The fraction of sp³-hybridized carbons (Fsp3) is 0.200. The van der Waals surface area contributed by atoms with Gasteiger partial charge in [0.2, 0.25) is 0 Å². The molecule has 0 aliphatic rings. The van der Waals surface area contributed by atoms with E-state index in [-0.39, 0.29) is 0 Å². The molecular weight excluding hydrogens is 270 g/mol. The van der Waals surface area contributed by atoms with Crippen LogP contribution in [0.2, 0.25) is 0 Å². The number of ether oxygens (including phenoxy) is 1. The molecule has 0 bridgehead atoms. The zero-order valence-electron chi connectivity index (χ0n) is 12.9. The maximum absolute atomic E-state index is 5.17. The first-order valence-electron chi connectivity index (χ1n) is 7.67. The van der Waals surface area contributed by atoms with Crippen LogP contribution in [0, 0.1) is 0 Å². The van der Waals surface area contributed by atoms with E-state index >= 15 is 0 Å². The molecule has 1 N–H and O–H groups in total. The van der Waals surface area contributed by atoms with Crippen molar-refractivity contribution in [3.8, 4) is 5.75 Å². The highest BCUT2D eigenvalue weighted by molar-refractivity contribution is 5.85. The lowest BCUT2D eigenvalue weighted by atomic mass is 10.0. The van der Waals surface area contributed by atoms with Crippen molar-refractivity contribution in [2.45, 2.75) is 13.0 Å². The summed E-state index contributed by atoms with van der Waals surface area (Å²) in [5.74, 6) is 0.902. The van der Waals surface area contributed by atoms with Gasteiger partial charge in [-0.1, -0.05) is 54.6 Å². The number of rotatable bonds is 6. The average Bonchev–Trinajstić information content (AvgIpc) is 2.59. The van der Waals surface area contributed by atoms with Crippen molar-refractivity contribution < 1.29 is 4.74 Å². The summed E-state index contributed by atoms with van der Waals surface area (Å²) in [5.41, 5.74) is 2.68. The molecule has 0 saturated carbocycles. The van der Waals surface area contributed by atoms with Gasteiger partial charge in [-0.25, -0.2) is 0 Å². The van der Waals surface area contributed by atoms with Crippen molar-refractivity contribution in [1.29, 1.82) is 0 Å². The van der Waals surface area contributed by atoms with Crippen LogP contribution in [0.5, 0.6) is 5.75 Å². The Hall–Kier alpha value is -2.32. The molecule has 0 spiro atoms. The monoisotopic (exact) mass is 291 g/mol. The maximum Gasteiger partial charge on any atom is 0.118 e. The lowest BCUT2D eigenvalue weighted by molar-refractivity contribution is 0.414. The minimum atomic E-state index is 0.884. The Labute approximate surface area is 131 Å². The summed E-state index contributed by atoms with van der Waals surface area (Å²) in [7, 11) is 1.69. The highest BCUT2D eigenvalue weighted by Gasteiger charge is 2.00. The van der Waals surface area contributed by atoms with Crippen LogP contribution in [0.4, 0.5) is 0 Å². The van der Waals surface area contributed by atoms with Crippen LogP contribution in [-0.4, -0.2) is 13.7 Å². The Morgan fingerprint density at radius 1 is 0.864 bits per heavy atom. The third-order valence-corrected chi connectivity index (χ3v) is 3.94. The number of nitrogens with one attached hydrogen (secondary N) is 1. The highest BCUT2D eigenvalue weighted by Crippen LogP contribution is 2.18. The van der Waals surface area contributed by atoms with Crippen LogP contribution in [-0.2, 0) is 13.0 Å². The van der Waals surface area contributed by atoms with Crippen LogP contribution < -0.4 is 10.1 Å². The fourth-order valence-corrected chi connectivity index (χ4v) is 2.71. The van der Waals surface area contributed by atoms with Gasteiger partial charge in [-0.2, -0.15) is 0 Å². The lowest BCUT2D eigenvalue weighted by Crippen LogP contribution is -2.16. The quantitative estimate of drug-likeness (QED) is 0.688. The van der Waals surface area contributed by atoms with Crippen molar-refractivity contribution >= 4 is 10.8 Å². The number of hydrogen-bond acceptors (Lipinski definition) is 2. The summed E-state index contributed by atoms with van der Waals surface area (Å²) >= 11 is 0. The topological polar surface area (TPSA) is 21.3 Å². The van der Waals surface area contributed by atoms with E-state index in [4.69, 9.17) is 4.74 Å². The second kappa shape index (κ2) is 7.10. The molecule has 22 heavy (non-hydrogen) atoms. The van der Waals surface area contributed by atoms with Gasteiger partial charge in [0.05, 0.1) is 7.11 Å². The minimum Gasteiger partial charge on any atom is -0.497 e. The Bertz CT molecular complexity index is 729. The van der Waals surface area contributed by atoms with E-state index < -0.39 is 0 Å². The van der Waals surface area contributed by atoms with Gasteiger partial charge < -0.3 is 10.1 Å². The molecule has 2 heteroatoms.